The van der Waals surface area contributed by atoms with E-state index in [4.69, 9.17) is 27.6 Å². The summed E-state index contributed by atoms with van der Waals surface area (Å²) in [6, 6.07) is 12.3. The number of fused-ring (bicyclic) bond motifs is 2. The third-order valence-corrected chi connectivity index (χ3v) is 7.01. The molecule has 4 aromatic rings. The predicted octanol–water partition coefficient (Wildman–Crippen LogP) is 6.23. The van der Waals surface area contributed by atoms with Gasteiger partial charge >= 0.3 is 0 Å². The van der Waals surface area contributed by atoms with Gasteiger partial charge in [-0.25, -0.2) is 10.4 Å². The number of furan rings is 1. The summed E-state index contributed by atoms with van der Waals surface area (Å²) >= 11 is 13.4. The van der Waals surface area contributed by atoms with Gasteiger partial charge in [0.2, 0.25) is 0 Å². The molecular formula is C24H18Cl2N4O3S. The number of thiazole rings is 1. The number of aryl methyl sites for hydroxylation is 1. The van der Waals surface area contributed by atoms with Gasteiger partial charge in [0.05, 0.1) is 26.5 Å². The molecule has 0 unspecified atom stereocenters. The van der Waals surface area contributed by atoms with Crippen LogP contribution in [0, 0.1) is 6.92 Å². The lowest BCUT2D eigenvalue weighted by Gasteiger charge is -2.13. The first-order chi connectivity index (χ1) is 16.4. The molecule has 2 amide bonds. The van der Waals surface area contributed by atoms with Gasteiger partial charge in [-0.15, -0.1) is 0 Å². The molecule has 0 aliphatic heterocycles. The predicted molar refractivity (Wildman–Crippen MR) is 134 cm³/mol. The Balaban J connectivity index is 1.38. The Hall–Kier alpha value is -3.20. The van der Waals surface area contributed by atoms with Crippen LogP contribution in [0.2, 0.25) is 10.0 Å². The van der Waals surface area contributed by atoms with Gasteiger partial charge in [0, 0.05) is 22.6 Å². The van der Waals surface area contributed by atoms with Crippen molar-refractivity contribution < 1.29 is 14.0 Å². The highest BCUT2D eigenvalue weighted by molar-refractivity contribution is 7.22. The molecule has 1 aliphatic rings. The maximum Gasteiger partial charge on any atom is 0.293 e. The summed E-state index contributed by atoms with van der Waals surface area (Å²) in [4.78, 5) is 30.0. The van der Waals surface area contributed by atoms with Gasteiger partial charge in [0.1, 0.15) is 5.76 Å². The number of benzene rings is 2. The maximum absolute atomic E-state index is 13.0. The van der Waals surface area contributed by atoms with Crippen LogP contribution in [0.5, 0.6) is 0 Å². The molecule has 1 aliphatic carbocycles. The van der Waals surface area contributed by atoms with E-state index < -0.39 is 5.91 Å². The van der Waals surface area contributed by atoms with Crippen molar-refractivity contribution in [2.75, 3.05) is 5.32 Å². The first-order valence-electron chi connectivity index (χ1n) is 10.5. The number of hydrogen-bond donors (Lipinski definition) is 2. The first-order valence-corrected chi connectivity index (χ1v) is 12.1. The fourth-order valence-corrected chi connectivity index (χ4v) is 5.28. The van der Waals surface area contributed by atoms with Crippen molar-refractivity contribution in [3.05, 3.63) is 80.7 Å². The zero-order valence-electron chi connectivity index (χ0n) is 17.9. The van der Waals surface area contributed by atoms with E-state index in [1.807, 2.05) is 31.2 Å². The van der Waals surface area contributed by atoms with Gasteiger partial charge in [0.15, 0.2) is 10.9 Å². The minimum Gasteiger partial charge on any atom is -0.455 e. The zero-order valence-corrected chi connectivity index (χ0v) is 20.3. The van der Waals surface area contributed by atoms with Gasteiger partial charge in [-0.2, -0.15) is 5.10 Å². The Morgan fingerprint density at radius 2 is 1.94 bits per heavy atom. The molecule has 0 saturated heterocycles. The van der Waals surface area contributed by atoms with Crippen LogP contribution in [0.25, 0.3) is 10.2 Å². The maximum atomic E-state index is 13.0. The standard InChI is InChI=1S/C24H18Cl2N4O3S/c1-12-20-17(29-30-22(31)14-10-9-13(25)11-15(14)26)6-4-7-18(20)33-21(12)23(32)28-24-27-16-5-2-3-8-19(16)34-24/h2-3,5,8-11H,4,6-7H2,1H3,(H,30,31)(H,27,28,32)/b29-17+. The molecule has 172 valence electrons. The lowest BCUT2D eigenvalue weighted by Crippen LogP contribution is -2.22. The Kier molecular flexibility index (Phi) is 6.12. The molecule has 7 nitrogen and oxygen atoms in total. The summed E-state index contributed by atoms with van der Waals surface area (Å²) < 4.78 is 6.92. The molecule has 2 N–H and O–H groups in total. The second kappa shape index (κ2) is 9.21. The van der Waals surface area contributed by atoms with Crippen molar-refractivity contribution >= 4 is 67.4 Å². The summed E-state index contributed by atoms with van der Waals surface area (Å²) in [6.45, 7) is 1.81. The Labute approximate surface area is 208 Å². The number of hydrogen-bond acceptors (Lipinski definition) is 6. The number of carbonyl (C=O) groups is 2. The molecule has 0 saturated carbocycles. The lowest BCUT2D eigenvalue weighted by molar-refractivity contribution is 0.0953. The molecule has 34 heavy (non-hydrogen) atoms. The summed E-state index contributed by atoms with van der Waals surface area (Å²) in [5.41, 5.74) is 5.73. The number of aromatic nitrogens is 1. The fraction of sp³-hybridized carbons (Fsp3) is 0.167. The van der Waals surface area contributed by atoms with Crippen LogP contribution in [0.15, 0.2) is 52.0 Å². The van der Waals surface area contributed by atoms with Gasteiger partial charge in [-0.3, -0.25) is 14.9 Å². The highest BCUT2D eigenvalue weighted by atomic mass is 35.5. The van der Waals surface area contributed by atoms with Crippen LogP contribution >= 0.6 is 34.5 Å². The van der Waals surface area contributed by atoms with E-state index in [1.165, 1.54) is 17.4 Å². The van der Waals surface area contributed by atoms with E-state index in [1.54, 1.807) is 12.1 Å². The van der Waals surface area contributed by atoms with Crippen LogP contribution < -0.4 is 10.7 Å². The number of amides is 2. The van der Waals surface area contributed by atoms with Crippen molar-refractivity contribution in [3.63, 3.8) is 0 Å². The van der Waals surface area contributed by atoms with E-state index in [0.717, 1.165) is 22.2 Å². The van der Waals surface area contributed by atoms with E-state index in [0.29, 0.717) is 40.0 Å². The Morgan fingerprint density at radius 1 is 1.12 bits per heavy atom. The molecule has 0 atom stereocenters. The average Bonchev–Trinajstić information content (AvgIpc) is 3.38. The summed E-state index contributed by atoms with van der Waals surface area (Å²) in [5.74, 6) is 0.0696. The van der Waals surface area contributed by atoms with Crippen molar-refractivity contribution in [2.24, 2.45) is 5.10 Å². The third-order valence-electron chi connectivity index (χ3n) is 5.51. The normalized spacial score (nSPS) is 14.3. The van der Waals surface area contributed by atoms with Crippen LogP contribution in [0.1, 0.15) is 50.6 Å². The van der Waals surface area contributed by atoms with Gasteiger partial charge in [-0.05, 0) is 50.1 Å². The van der Waals surface area contributed by atoms with Crippen molar-refractivity contribution in [1.29, 1.82) is 0 Å². The molecule has 10 heteroatoms. The minimum absolute atomic E-state index is 0.214. The monoisotopic (exact) mass is 512 g/mol. The SMILES string of the molecule is Cc1c(C(=O)Nc2nc3ccccc3s2)oc2c1/C(=N/NC(=O)c1ccc(Cl)cc1Cl)CCC2. The number of para-hydroxylation sites is 1. The minimum atomic E-state index is -0.448. The number of carbonyl (C=O) groups excluding carboxylic acids is 2. The van der Waals surface area contributed by atoms with Crippen molar-refractivity contribution in [2.45, 2.75) is 26.2 Å². The summed E-state index contributed by atoms with van der Waals surface area (Å²) in [5, 5.41) is 8.35. The molecule has 0 fully saturated rings. The van der Waals surface area contributed by atoms with Crippen molar-refractivity contribution in [1.82, 2.24) is 10.4 Å². The first kappa shape index (κ1) is 22.6. The van der Waals surface area contributed by atoms with E-state index in [9.17, 15) is 9.59 Å². The molecule has 2 aromatic carbocycles. The Bertz CT molecular complexity index is 1440. The van der Waals surface area contributed by atoms with Gasteiger partial charge in [0.25, 0.3) is 11.8 Å². The zero-order chi connectivity index (χ0) is 23.8. The highest BCUT2D eigenvalue weighted by Crippen LogP contribution is 2.31. The largest absolute Gasteiger partial charge is 0.455 e. The smallest absolute Gasteiger partial charge is 0.293 e. The van der Waals surface area contributed by atoms with E-state index in [-0.39, 0.29) is 22.3 Å². The highest BCUT2D eigenvalue weighted by Gasteiger charge is 2.28. The topological polar surface area (TPSA) is 96.6 Å². The van der Waals surface area contributed by atoms with Crippen molar-refractivity contribution in [3.8, 4) is 0 Å². The summed E-state index contributed by atoms with van der Waals surface area (Å²) in [6.07, 6.45) is 2.11. The van der Waals surface area contributed by atoms with E-state index >= 15 is 0 Å². The molecular weight excluding hydrogens is 495 g/mol. The summed E-state index contributed by atoms with van der Waals surface area (Å²) in [7, 11) is 0. The molecule has 0 radical (unpaired) electrons. The molecule has 2 heterocycles. The second-order valence-electron chi connectivity index (χ2n) is 7.77. The lowest BCUT2D eigenvalue weighted by atomic mass is 9.93. The quantitative estimate of drug-likeness (QED) is 0.317. The van der Waals surface area contributed by atoms with Crippen LogP contribution in [0.3, 0.4) is 0 Å². The second-order valence-corrected chi connectivity index (χ2v) is 9.65. The number of nitrogens with zero attached hydrogens (tertiary/aromatic N) is 2. The van der Waals surface area contributed by atoms with Crippen LogP contribution in [-0.2, 0) is 6.42 Å². The van der Waals surface area contributed by atoms with Gasteiger partial charge in [-0.1, -0.05) is 46.7 Å². The average molecular weight is 513 g/mol. The third kappa shape index (κ3) is 4.32. The molecule has 0 bridgehead atoms. The number of hydrazone groups is 1. The Morgan fingerprint density at radius 3 is 2.74 bits per heavy atom. The fourth-order valence-electron chi connectivity index (χ4n) is 3.93. The van der Waals surface area contributed by atoms with Gasteiger partial charge < -0.3 is 4.42 Å². The molecule has 0 spiro atoms. The molecule has 5 rings (SSSR count). The number of anilines is 1. The van der Waals surface area contributed by atoms with E-state index in [2.05, 4.69) is 20.8 Å². The molecule has 2 aromatic heterocycles. The number of nitrogens with one attached hydrogen (secondary N) is 2. The number of rotatable bonds is 4. The van der Waals surface area contributed by atoms with Crippen LogP contribution in [-0.4, -0.2) is 22.5 Å². The van der Waals surface area contributed by atoms with Crippen LogP contribution in [0.4, 0.5) is 5.13 Å². The number of halogens is 2.